The van der Waals surface area contributed by atoms with Crippen LogP contribution in [0.3, 0.4) is 0 Å². The molecule has 2 aliphatic carbocycles. The molecular formula is C29H27N7. The van der Waals surface area contributed by atoms with Gasteiger partial charge in [0.05, 0.1) is 17.8 Å². The first-order valence-electron chi connectivity index (χ1n) is 13.0. The molecule has 0 bridgehead atoms. The summed E-state index contributed by atoms with van der Waals surface area (Å²) in [7, 11) is 0. The number of imidazole rings is 2. The molecule has 2 saturated heterocycles. The van der Waals surface area contributed by atoms with Gasteiger partial charge in [0.2, 0.25) is 0 Å². The number of benzene rings is 2. The molecule has 0 spiro atoms. The summed E-state index contributed by atoms with van der Waals surface area (Å²) in [6, 6.07) is 21.1. The fraction of sp³-hybridized carbons (Fsp3) is 0.345. The maximum Gasteiger partial charge on any atom is 0.145 e. The summed E-state index contributed by atoms with van der Waals surface area (Å²) in [6.07, 6.45) is 6.92. The number of hydrogen-bond acceptors (Lipinski definition) is 5. The molecule has 0 radical (unpaired) electrons. The highest BCUT2D eigenvalue weighted by Crippen LogP contribution is 2.46. The van der Waals surface area contributed by atoms with Crippen molar-refractivity contribution in [3.8, 4) is 39.7 Å². The minimum Gasteiger partial charge on any atom is -0.347 e. The van der Waals surface area contributed by atoms with Crippen LogP contribution in [0.15, 0.2) is 54.7 Å². The second-order valence-corrected chi connectivity index (χ2v) is 10.9. The Balaban J connectivity index is 1.00. The van der Waals surface area contributed by atoms with Crippen LogP contribution in [0.1, 0.15) is 55.1 Å². The van der Waals surface area contributed by atoms with Crippen molar-refractivity contribution in [2.75, 3.05) is 0 Å². The zero-order valence-corrected chi connectivity index (χ0v) is 19.8. The summed E-state index contributed by atoms with van der Waals surface area (Å²) in [5, 5.41) is 16.9. The van der Waals surface area contributed by atoms with Gasteiger partial charge in [-0.05, 0) is 48.6 Å². The first-order chi connectivity index (χ1) is 17.7. The molecule has 178 valence electrons. The van der Waals surface area contributed by atoms with Crippen LogP contribution in [-0.4, -0.2) is 32.0 Å². The number of fused-ring (bicyclic) bond motifs is 2. The quantitative estimate of drug-likeness (QED) is 0.332. The summed E-state index contributed by atoms with van der Waals surface area (Å²) in [5.41, 5.74) is 6.61. The molecule has 4 N–H and O–H groups in total. The van der Waals surface area contributed by atoms with Crippen LogP contribution in [0.5, 0.6) is 0 Å². The average Bonchev–Trinajstić information content (AvgIpc) is 3.50. The number of H-pyrrole nitrogens is 2. The average molecular weight is 474 g/mol. The summed E-state index contributed by atoms with van der Waals surface area (Å²) >= 11 is 0. The van der Waals surface area contributed by atoms with E-state index in [9.17, 15) is 5.26 Å². The highest BCUT2D eigenvalue weighted by Gasteiger charge is 2.47. The number of aromatic nitrogens is 4. The van der Waals surface area contributed by atoms with Gasteiger partial charge < -0.3 is 20.6 Å². The van der Waals surface area contributed by atoms with Crippen molar-refractivity contribution in [1.29, 1.82) is 5.26 Å². The van der Waals surface area contributed by atoms with E-state index in [0.29, 0.717) is 23.8 Å². The van der Waals surface area contributed by atoms with Gasteiger partial charge in [-0.15, -0.1) is 0 Å². The normalized spacial score (nSPS) is 29.5. The summed E-state index contributed by atoms with van der Waals surface area (Å²) in [4.78, 5) is 16.3. The van der Waals surface area contributed by atoms with E-state index in [2.05, 4.69) is 75.2 Å². The molecule has 8 rings (SSSR count). The predicted molar refractivity (Wildman–Crippen MR) is 137 cm³/mol. The van der Waals surface area contributed by atoms with Gasteiger partial charge in [-0.1, -0.05) is 48.5 Å². The highest BCUT2D eigenvalue weighted by atomic mass is 15.1. The molecule has 7 heteroatoms. The van der Waals surface area contributed by atoms with Crippen molar-refractivity contribution >= 4 is 0 Å². The number of nitriles is 1. The second-order valence-electron chi connectivity index (χ2n) is 10.9. The van der Waals surface area contributed by atoms with Crippen LogP contribution in [0.2, 0.25) is 0 Å². The fourth-order valence-corrected chi connectivity index (χ4v) is 6.23. The third-order valence-electron chi connectivity index (χ3n) is 8.52. The van der Waals surface area contributed by atoms with Crippen LogP contribution < -0.4 is 10.6 Å². The van der Waals surface area contributed by atoms with E-state index in [1.165, 1.54) is 19.3 Å². The molecule has 0 amide bonds. The van der Waals surface area contributed by atoms with E-state index in [1.807, 2.05) is 6.20 Å². The number of nitrogens with one attached hydrogen (secondary N) is 4. The van der Waals surface area contributed by atoms with Crippen molar-refractivity contribution in [2.24, 2.45) is 11.8 Å². The summed E-state index contributed by atoms with van der Waals surface area (Å²) < 4.78 is 0. The lowest BCUT2D eigenvalue weighted by molar-refractivity contribution is 0.543. The molecule has 2 aromatic heterocycles. The van der Waals surface area contributed by atoms with Crippen LogP contribution in [-0.2, 0) is 0 Å². The van der Waals surface area contributed by atoms with Crippen LogP contribution >= 0.6 is 0 Å². The third kappa shape index (κ3) is 3.41. The zero-order chi connectivity index (χ0) is 23.8. The molecule has 7 nitrogen and oxygen atoms in total. The minimum atomic E-state index is 0.234. The lowest BCUT2D eigenvalue weighted by Gasteiger charge is -2.09. The topological polar surface area (TPSA) is 105 Å². The minimum absolute atomic E-state index is 0.234. The third-order valence-corrected chi connectivity index (χ3v) is 8.52. The number of piperidine rings is 2. The molecule has 2 aliphatic heterocycles. The molecule has 2 aromatic carbocycles. The molecule has 36 heavy (non-hydrogen) atoms. The molecule has 0 unspecified atom stereocenters. The summed E-state index contributed by atoms with van der Waals surface area (Å²) in [5.74, 6) is 3.57. The number of rotatable bonds is 5. The zero-order valence-electron chi connectivity index (χ0n) is 19.8. The second kappa shape index (κ2) is 7.63. The smallest absolute Gasteiger partial charge is 0.145 e. The van der Waals surface area contributed by atoms with Gasteiger partial charge in [-0.25, -0.2) is 9.97 Å². The van der Waals surface area contributed by atoms with E-state index in [1.54, 1.807) is 0 Å². The molecule has 6 atom stereocenters. The Morgan fingerprint density at radius 3 is 1.86 bits per heavy atom. The standard InChI is InChI=1S/C29H27N7/c30-13-25-27(36-29(34-25)24-12-20-10-22(20)33-24)18-7-3-16(4-8-18)15-1-5-17(6-2-15)26-14-31-28(35-26)23-11-19-9-21(19)32-23/h1-8,14,19-24,32-33H,9-12H2,(H,31,35)(H,34,36)/t19-,20-,21-,22-,23+,24+/m1/s1. The highest BCUT2D eigenvalue weighted by molar-refractivity contribution is 5.73. The Kier molecular flexibility index (Phi) is 4.34. The van der Waals surface area contributed by atoms with Crippen molar-refractivity contribution in [3.05, 3.63) is 72.1 Å². The van der Waals surface area contributed by atoms with Crippen molar-refractivity contribution in [2.45, 2.75) is 49.9 Å². The van der Waals surface area contributed by atoms with Gasteiger partial charge in [0, 0.05) is 29.4 Å². The van der Waals surface area contributed by atoms with Crippen LogP contribution in [0, 0.1) is 23.2 Å². The van der Waals surface area contributed by atoms with Crippen LogP contribution in [0.4, 0.5) is 0 Å². The van der Waals surface area contributed by atoms with E-state index >= 15 is 0 Å². The summed E-state index contributed by atoms with van der Waals surface area (Å²) in [6.45, 7) is 0. The van der Waals surface area contributed by atoms with Gasteiger partial charge in [-0.2, -0.15) is 5.26 Å². The number of nitrogens with zero attached hydrogens (tertiary/aromatic N) is 3. The van der Waals surface area contributed by atoms with Gasteiger partial charge in [0.1, 0.15) is 29.1 Å². The maximum absolute atomic E-state index is 9.67. The van der Waals surface area contributed by atoms with Gasteiger partial charge >= 0.3 is 0 Å². The largest absolute Gasteiger partial charge is 0.347 e. The lowest BCUT2D eigenvalue weighted by atomic mass is 10.0. The van der Waals surface area contributed by atoms with E-state index in [4.69, 9.17) is 9.97 Å². The molecule has 4 aliphatic rings. The van der Waals surface area contributed by atoms with E-state index in [0.717, 1.165) is 63.5 Å². The van der Waals surface area contributed by atoms with Crippen molar-refractivity contribution in [1.82, 2.24) is 30.6 Å². The molecule has 4 aromatic rings. The van der Waals surface area contributed by atoms with Crippen LogP contribution in [0.25, 0.3) is 33.6 Å². The molecular weight excluding hydrogens is 446 g/mol. The number of aromatic amines is 2. The molecule has 4 heterocycles. The van der Waals surface area contributed by atoms with Gasteiger partial charge in [0.25, 0.3) is 0 Å². The Bertz CT molecular complexity index is 1470. The van der Waals surface area contributed by atoms with Crippen molar-refractivity contribution < 1.29 is 0 Å². The predicted octanol–water partition coefficient (Wildman–Crippen LogP) is 4.85. The SMILES string of the molecule is N#Cc1[nH]c([C@@H]2C[C@H]3C[C@H]3N2)nc1-c1ccc(-c2ccc(-c3c[nH]c([C@@H]4C[C@H]5C[C@H]5N4)n3)cc2)cc1. The van der Waals surface area contributed by atoms with Gasteiger partial charge in [0.15, 0.2) is 0 Å². The lowest BCUT2D eigenvalue weighted by Crippen LogP contribution is -2.18. The van der Waals surface area contributed by atoms with E-state index in [-0.39, 0.29) is 6.04 Å². The first kappa shape index (κ1) is 20.5. The van der Waals surface area contributed by atoms with Crippen molar-refractivity contribution in [3.63, 3.8) is 0 Å². The number of hydrogen-bond donors (Lipinski definition) is 4. The maximum atomic E-state index is 9.67. The Morgan fingerprint density at radius 2 is 1.28 bits per heavy atom. The van der Waals surface area contributed by atoms with E-state index < -0.39 is 0 Å². The van der Waals surface area contributed by atoms with Gasteiger partial charge in [-0.3, -0.25) is 0 Å². The Morgan fingerprint density at radius 1 is 0.694 bits per heavy atom. The fourth-order valence-electron chi connectivity index (χ4n) is 6.23. The first-order valence-corrected chi connectivity index (χ1v) is 13.0. The molecule has 2 saturated carbocycles. The Hall–Kier alpha value is -3.73. The Labute approximate surface area is 209 Å². The monoisotopic (exact) mass is 473 g/mol. The molecule has 4 fully saturated rings.